The molecular formula is C18H19ClN4OS2. The molecule has 0 radical (unpaired) electrons. The molecule has 8 heteroatoms. The van der Waals surface area contributed by atoms with E-state index in [1.165, 1.54) is 16.6 Å². The van der Waals surface area contributed by atoms with Crippen molar-refractivity contribution in [2.45, 2.75) is 32.1 Å². The van der Waals surface area contributed by atoms with Crippen LogP contribution in [-0.4, -0.2) is 26.4 Å². The standard InChI is InChI=1S/C18H19ClN4OS2/c1-3-23-17(14-8-12(2)25-10-14)21-22-18(23)26-11-16(24)20-9-13-4-6-15(19)7-5-13/h4-8,10H,3,9,11H2,1-2H3,(H,20,24). The lowest BCUT2D eigenvalue weighted by Gasteiger charge is -2.07. The summed E-state index contributed by atoms with van der Waals surface area (Å²) in [6, 6.07) is 9.54. The molecule has 0 aliphatic heterocycles. The lowest BCUT2D eigenvalue weighted by Crippen LogP contribution is -2.24. The molecule has 2 heterocycles. The number of carbonyl (C=O) groups excluding carboxylic acids is 1. The highest BCUT2D eigenvalue weighted by Gasteiger charge is 2.15. The number of nitrogens with one attached hydrogen (secondary N) is 1. The molecule has 0 atom stereocenters. The lowest BCUT2D eigenvalue weighted by molar-refractivity contribution is -0.118. The second-order valence-corrected chi connectivity index (χ2v) is 8.18. The van der Waals surface area contributed by atoms with E-state index in [-0.39, 0.29) is 5.91 Å². The minimum Gasteiger partial charge on any atom is -0.351 e. The Labute approximate surface area is 165 Å². The van der Waals surface area contributed by atoms with Crippen molar-refractivity contribution in [1.29, 1.82) is 0 Å². The largest absolute Gasteiger partial charge is 0.351 e. The van der Waals surface area contributed by atoms with Crippen LogP contribution in [0.5, 0.6) is 0 Å². The lowest BCUT2D eigenvalue weighted by atomic mass is 10.2. The number of rotatable bonds is 7. The van der Waals surface area contributed by atoms with Gasteiger partial charge in [0.25, 0.3) is 0 Å². The van der Waals surface area contributed by atoms with Crippen molar-refractivity contribution in [1.82, 2.24) is 20.1 Å². The monoisotopic (exact) mass is 406 g/mol. The number of amides is 1. The molecule has 26 heavy (non-hydrogen) atoms. The second-order valence-electron chi connectivity index (χ2n) is 5.69. The topological polar surface area (TPSA) is 59.8 Å². The number of hydrogen-bond acceptors (Lipinski definition) is 5. The fraction of sp³-hybridized carbons (Fsp3) is 0.278. The van der Waals surface area contributed by atoms with Gasteiger partial charge in [-0.2, -0.15) is 0 Å². The third-order valence-electron chi connectivity index (χ3n) is 3.76. The Morgan fingerprint density at radius 2 is 2.08 bits per heavy atom. The normalized spacial score (nSPS) is 10.9. The van der Waals surface area contributed by atoms with Crippen molar-refractivity contribution < 1.29 is 4.79 Å². The van der Waals surface area contributed by atoms with Crippen LogP contribution in [-0.2, 0) is 17.9 Å². The average molecular weight is 407 g/mol. The molecule has 1 amide bonds. The molecule has 5 nitrogen and oxygen atoms in total. The van der Waals surface area contributed by atoms with Crippen LogP contribution < -0.4 is 5.32 Å². The van der Waals surface area contributed by atoms with Crippen LogP contribution in [0.3, 0.4) is 0 Å². The van der Waals surface area contributed by atoms with Crippen LogP contribution in [0.2, 0.25) is 5.02 Å². The van der Waals surface area contributed by atoms with Crippen LogP contribution in [0.15, 0.2) is 40.9 Å². The molecular weight excluding hydrogens is 388 g/mol. The summed E-state index contributed by atoms with van der Waals surface area (Å²) in [6.45, 7) is 5.36. The van der Waals surface area contributed by atoms with E-state index in [1.807, 2.05) is 28.8 Å². The highest BCUT2D eigenvalue weighted by atomic mass is 35.5. The molecule has 3 aromatic rings. The van der Waals surface area contributed by atoms with Crippen LogP contribution in [0, 0.1) is 6.92 Å². The Bertz CT molecular complexity index is 889. The number of carbonyl (C=O) groups is 1. The molecule has 0 unspecified atom stereocenters. The zero-order valence-electron chi connectivity index (χ0n) is 14.5. The minimum atomic E-state index is -0.0384. The van der Waals surface area contributed by atoms with Crippen LogP contribution in [0.25, 0.3) is 11.4 Å². The predicted octanol–water partition coefficient (Wildman–Crippen LogP) is 4.40. The molecule has 0 saturated heterocycles. The van der Waals surface area contributed by atoms with Gasteiger partial charge in [0, 0.05) is 33.9 Å². The van der Waals surface area contributed by atoms with Gasteiger partial charge in [-0.1, -0.05) is 35.5 Å². The first-order valence-corrected chi connectivity index (χ1v) is 10.4. The van der Waals surface area contributed by atoms with Gasteiger partial charge >= 0.3 is 0 Å². The van der Waals surface area contributed by atoms with E-state index in [1.54, 1.807) is 11.3 Å². The summed E-state index contributed by atoms with van der Waals surface area (Å²) in [5, 5.41) is 15.0. The Kier molecular flexibility index (Phi) is 6.34. The van der Waals surface area contributed by atoms with E-state index in [0.29, 0.717) is 17.3 Å². The summed E-state index contributed by atoms with van der Waals surface area (Å²) < 4.78 is 2.04. The number of benzene rings is 1. The number of aromatic nitrogens is 3. The summed E-state index contributed by atoms with van der Waals surface area (Å²) in [4.78, 5) is 13.4. The van der Waals surface area contributed by atoms with Gasteiger partial charge < -0.3 is 9.88 Å². The molecule has 0 fully saturated rings. The molecule has 0 saturated carbocycles. The summed E-state index contributed by atoms with van der Waals surface area (Å²) in [7, 11) is 0. The first kappa shape index (κ1) is 18.9. The van der Waals surface area contributed by atoms with Gasteiger partial charge in [-0.15, -0.1) is 21.5 Å². The Morgan fingerprint density at radius 3 is 2.73 bits per heavy atom. The minimum absolute atomic E-state index is 0.0384. The van der Waals surface area contributed by atoms with Gasteiger partial charge in [0.05, 0.1) is 5.75 Å². The smallest absolute Gasteiger partial charge is 0.230 e. The molecule has 2 aromatic heterocycles. The molecule has 0 bridgehead atoms. The molecule has 3 rings (SSSR count). The quantitative estimate of drug-likeness (QED) is 0.591. The Morgan fingerprint density at radius 1 is 1.31 bits per heavy atom. The van der Waals surface area contributed by atoms with Gasteiger partial charge in [0.1, 0.15) is 0 Å². The van der Waals surface area contributed by atoms with Crippen molar-refractivity contribution in [3.05, 3.63) is 51.2 Å². The number of thioether (sulfide) groups is 1. The molecule has 1 aromatic carbocycles. The summed E-state index contributed by atoms with van der Waals surface area (Å²) in [5.41, 5.74) is 2.08. The summed E-state index contributed by atoms with van der Waals surface area (Å²) in [6.07, 6.45) is 0. The molecule has 136 valence electrons. The van der Waals surface area contributed by atoms with Gasteiger partial charge in [-0.05, 0) is 37.6 Å². The highest BCUT2D eigenvalue weighted by Crippen LogP contribution is 2.27. The van der Waals surface area contributed by atoms with Crippen molar-refractivity contribution >= 4 is 40.6 Å². The van der Waals surface area contributed by atoms with Crippen molar-refractivity contribution in [3.8, 4) is 11.4 Å². The maximum atomic E-state index is 12.1. The average Bonchev–Trinajstić information content (AvgIpc) is 3.24. The SMILES string of the molecule is CCn1c(SCC(=O)NCc2ccc(Cl)cc2)nnc1-c1csc(C)c1. The van der Waals surface area contributed by atoms with E-state index < -0.39 is 0 Å². The zero-order chi connectivity index (χ0) is 18.5. The molecule has 0 spiro atoms. The first-order valence-electron chi connectivity index (χ1n) is 8.19. The van der Waals surface area contributed by atoms with Gasteiger partial charge in [-0.25, -0.2) is 0 Å². The van der Waals surface area contributed by atoms with E-state index in [0.717, 1.165) is 28.7 Å². The Balaban J connectivity index is 1.58. The van der Waals surface area contributed by atoms with Crippen molar-refractivity contribution in [2.24, 2.45) is 0 Å². The number of aryl methyl sites for hydroxylation is 1. The number of hydrogen-bond donors (Lipinski definition) is 1. The van der Waals surface area contributed by atoms with E-state index in [4.69, 9.17) is 11.6 Å². The third-order valence-corrected chi connectivity index (χ3v) is 5.84. The van der Waals surface area contributed by atoms with Gasteiger partial charge in [-0.3, -0.25) is 4.79 Å². The van der Waals surface area contributed by atoms with Crippen LogP contribution >= 0.6 is 34.7 Å². The second kappa shape index (κ2) is 8.70. The van der Waals surface area contributed by atoms with Crippen LogP contribution in [0.4, 0.5) is 0 Å². The zero-order valence-corrected chi connectivity index (χ0v) is 16.9. The molecule has 1 N–H and O–H groups in total. The van der Waals surface area contributed by atoms with E-state index in [9.17, 15) is 4.79 Å². The molecule has 0 aliphatic carbocycles. The van der Waals surface area contributed by atoms with Crippen molar-refractivity contribution in [3.63, 3.8) is 0 Å². The molecule has 0 aliphatic rings. The fourth-order valence-corrected chi connectivity index (χ4v) is 4.08. The first-order chi connectivity index (χ1) is 12.6. The predicted molar refractivity (Wildman–Crippen MR) is 108 cm³/mol. The summed E-state index contributed by atoms with van der Waals surface area (Å²) in [5.74, 6) is 1.11. The number of thiophene rings is 1. The highest BCUT2D eigenvalue weighted by molar-refractivity contribution is 7.99. The van der Waals surface area contributed by atoms with Crippen LogP contribution in [0.1, 0.15) is 17.4 Å². The van der Waals surface area contributed by atoms with Gasteiger partial charge in [0.2, 0.25) is 5.91 Å². The maximum Gasteiger partial charge on any atom is 0.230 e. The number of halogens is 1. The Hall–Kier alpha value is -1.83. The fourth-order valence-electron chi connectivity index (χ4n) is 2.44. The third kappa shape index (κ3) is 4.66. The van der Waals surface area contributed by atoms with Crippen molar-refractivity contribution in [2.75, 3.05) is 5.75 Å². The summed E-state index contributed by atoms with van der Waals surface area (Å²) >= 11 is 8.95. The van der Waals surface area contributed by atoms with Gasteiger partial charge in [0.15, 0.2) is 11.0 Å². The maximum absolute atomic E-state index is 12.1. The van der Waals surface area contributed by atoms with E-state index >= 15 is 0 Å². The van der Waals surface area contributed by atoms with E-state index in [2.05, 4.69) is 40.8 Å². The number of nitrogens with zero attached hydrogens (tertiary/aromatic N) is 3.